The summed E-state index contributed by atoms with van der Waals surface area (Å²) in [6.45, 7) is 8.48. The van der Waals surface area contributed by atoms with E-state index < -0.39 is 0 Å². The number of aromatic nitrogens is 5. The summed E-state index contributed by atoms with van der Waals surface area (Å²) in [5.74, 6) is 2.32. The number of tetrazole rings is 1. The normalized spacial score (nSPS) is 11.8. The molecule has 0 aliphatic rings. The lowest BCUT2D eigenvalue weighted by Crippen LogP contribution is -2.01. The van der Waals surface area contributed by atoms with E-state index in [0.29, 0.717) is 5.92 Å². The fourth-order valence-corrected chi connectivity index (χ4v) is 3.73. The standard InChI is InChI=1S/C22H29N5OS/c1-15(2)21-24-26-27(25-21)19-11-12-20(28-5)17(13-19)9-7-6-8-10-18-14-29-22(23-18)16(3)4/h7,9,11-16H,6,8,10H2,1-5H3. The van der Waals surface area contributed by atoms with E-state index in [2.05, 4.69) is 60.6 Å². The highest BCUT2D eigenvalue weighted by Crippen LogP contribution is 2.24. The molecule has 0 atom stereocenters. The van der Waals surface area contributed by atoms with Gasteiger partial charge >= 0.3 is 0 Å². The Morgan fingerprint density at radius 1 is 1.17 bits per heavy atom. The average Bonchev–Trinajstić information content (AvgIpc) is 3.37. The molecule has 0 unspecified atom stereocenters. The van der Waals surface area contributed by atoms with Crippen LogP contribution in [0.3, 0.4) is 0 Å². The van der Waals surface area contributed by atoms with Crippen molar-refractivity contribution >= 4 is 17.4 Å². The van der Waals surface area contributed by atoms with Crippen molar-refractivity contribution in [1.29, 1.82) is 0 Å². The minimum Gasteiger partial charge on any atom is -0.496 e. The van der Waals surface area contributed by atoms with Gasteiger partial charge in [-0.15, -0.1) is 26.3 Å². The Labute approximate surface area is 176 Å². The van der Waals surface area contributed by atoms with Crippen LogP contribution in [0.2, 0.25) is 0 Å². The Morgan fingerprint density at radius 3 is 2.66 bits per heavy atom. The molecule has 0 bridgehead atoms. The maximum atomic E-state index is 5.51. The molecule has 0 saturated carbocycles. The topological polar surface area (TPSA) is 65.7 Å². The fourth-order valence-electron chi connectivity index (χ4n) is 2.86. The van der Waals surface area contributed by atoms with Gasteiger partial charge in [-0.1, -0.05) is 39.8 Å². The van der Waals surface area contributed by atoms with Crippen LogP contribution in [0.5, 0.6) is 5.75 Å². The van der Waals surface area contributed by atoms with E-state index in [0.717, 1.165) is 42.1 Å². The van der Waals surface area contributed by atoms with Crippen LogP contribution in [0.25, 0.3) is 11.8 Å². The smallest absolute Gasteiger partial charge is 0.177 e. The zero-order chi connectivity index (χ0) is 20.8. The third-order valence-corrected chi connectivity index (χ3v) is 5.75. The lowest BCUT2D eigenvalue weighted by atomic mass is 10.1. The van der Waals surface area contributed by atoms with Gasteiger partial charge in [0, 0.05) is 22.8 Å². The molecule has 3 rings (SSSR count). The minimum absolute atomic E-state index is 0.246. The molecule has 154 valence electrons. The van der Waals surface area contributed by atoms with Crippen LogP contribution < -0.4 is 4.74 Å². The molecule has 0 aliphatic carbocycles. The Morgan fingerprint density at radius 2 is 2.00 bits per heavy atom. The predicted molar refractivity (Wildman–Crippen MR) is 118 cm³/mol. The molecule has 0 saturated heterocycles. The molecule has 0 fully saturated rings. The lowest BCUT2D eigenvalue weighted by molar-refractivity contribution is 0.413. The predicted octanol–water partition coefficient (Wildman–Crippen LogP) is 5.41. The van der Waals surface area contributed by atoms with E-state index in [4.69, 9.17) is 9.72 Å². The third-order valence-electron chi connectivity index (χ3n) is 4.55. The van der Waals surface area contributed by atoms with Crippen LogP contribution in [0.15, 0.2) is 29.7 Å². The Hall–Kier alpha value is -2.54. The molecule has 0 N–H and O–H groups in total. The molecule has 7 heteroatoms. The van der Waals surface area contributed by atoms with Gasteiger partial charge in [-0.25, -0.2) is 4.98 Å². The summed E-state index contributed by atoms with van der Waals surface area (Å²) in [4.78, 5) is 6.27. The van der Waals surface area contributed by atoms with Gasteiger partial charge in [0.25, 0.3) is 0 Å². The Bertz CT molecular complexity index is 958. The van der Waals surface area contributed by atoms with E-state index in [1.165, 1.54) is 10.7 Å². The summed E-state index contributed by atoms with van der Waals surface area (Å²) in [6, 6.07) is 5.91. The molecule has 0 aliphatic heterocycles. The van der Waals surface area contributed by atoms with Gasteiger partial charge in [0.1, 0.15) is 5.75 Å². The van der Waals surface area contributed by atoms with E-state index in [1.807, 2.05) is 18.2 Å². The third kappa shape index (κ3) is 5.50. The number of hydrogen-bond donors (Lipinski definition) is 0. The minimum atomic E-state index is 0.246. The molecule has 29 heavy (non-hydrogen) atoms. The molecule has 3 aromatic rings. The zero-order valence-corrected chi connectivity index (χ0v) is 18.6. The van der Waals surface area contributed by atoms with Crippen molar-refractivity contribution in [3.05, 3.63) is 51.7 Å². The largest absolute Gasteiger partial charge is 0.496 e. The van der Waals surface area contributed by atoms with Crippen molar-refractivity contribution in [2.45, 2.75) is 58.8 Å². The van der Waals surface area contributed by atoms with Crippen molar-refractivity contribution in [3.8, 4) is 11.4 Å². The highest BCUT2D eigenvalue weighted by Gasteiger charge is 2.10. The second-order valence-corrected chi connectivity index (χ2v) is 8.53. The number of rotatable bonds is 9. The summed E-state index contributed by atoms with van der Waals surface area (Å²) >= 11 is 1.76. The van der Waals surface area contributed by atoms with Gasteiger partial charge in [0.2, 0.25) is 0 Å². The van der Waals surface area contributed by atoms with Gasteiger partial charge in [-0.2, -0.15) is 0 Å². The molecule has 6 nitrogen and oxygen atoms in total. The molecule has 2 aromatic heterocycles. The first-order valence-electron chi connectivity index (χ1n) is 10.1. The number of hydrogen-bond acceptors (Lipinski definition) is 6. The molecule has 1 aromatic carbocycles. The number of thiazole rings is 1. The van der Waals surface area contributed by atoms with Crippen LogP contribution in [0, 0.1) is 0 Å². The fraction of sp³-hybridized carbons (Fsp3) is 0.455. The van der Waals surface area contributed by atoms with E-state index >= 15 is 0 Å². The Balaban J connectivity index is 1.63. The van der Waals surface area contributed by atoms with Crippen molar-refractivity contribution in [3.63, 3.8) is 0 Å². The summed E-state index contributed by atoms with van der Waals surface area (Å²) in [7, 11) is 1.69. The van der Waals surface area contributed by atoms with Gasteiger partial charge in [-0.3, -0.25) is 0 Å². The zero-order valence-electron chi connectivity index (χ0n) is 17.8. The summed E-state index contributed by atoms with van der Waals surface area (Å²) < 4.78 is 5.51. The summed E-state index contributed by atoms with van der Waals surface area (Å²) in [5, 5.41) is 16.1. The van der Waals surface area contributed by atoms with Crippen LogP contribution in [-0.2, 0) is 6.42 Å². The lowest BCUT2D eigenvalue weighted by Gasteiger charge is -2.07. The molecule has 2 heterocycles. The second-order valence-electron chi connectivity index (χ2n) is 7.64. The van der Waals surface area contributed by atoms with Crippen LogP contribution in [-0.4, -0.2) is 32.3 Å². The summed E-state index contributed by atoms with van der Waals surface area (Å²) in [6.07, 6.45) is 7.35. The number of unbranched alkanes of at least 4 members (excludes halogenated alkanes) is 1. The van der Waals surface area contributed by atoms with E-state index in [1.54, 1.807) is 23.2 Å². The number of aryl methyl sites for hydroxylation is 1. The first-order valence-corrected chi connectivity index (χ1v) is 10.9. The summed E-state index contributed by atoms with van der Waals surface area (Å²) in [5.41, 5.74) is 3.07. The van der Waals surface area contributed by atoms with Gasteiger partial charge in [-0.05, 0) is 42.7 Å². The van der Waals surface area contributed by atoms with Crippen LogP contribution in [0.4, 0.5) is 0 Å². The number of ether oxygens (including phenoxy) is 1. The second kappa shape index (κ2) is 9.78. The quantitative estimate of drug-likeness (QED) is 0.440. The molecule has 0 spiro atoms. The average molecular weight is 412 g/mol. The highest BCUT2D eigenvalue weighted by atomic mass is 32.1. The van der Waals surface area contributed by atoms with Gasteiger partial charge in [0.05, 0.1) is 23.5 Å². The van der Waals surface area contributed by atoms with Crippen molar-refractivity contribution in [2.24, 2.45) is 0 Å². The number of benzene rings is 1. The monoisotopic (exact) mass is 411 g/mol. The first kappa shape index (κ1) is 21.2. The maximum Gasteiger partial charge on any atom is 0.177 e. The number of nitrogens with zero attached hydrogens (tertiary/aromatic N) is 5. The SMILES string of the molecule is COc1ccc(-n2nnc(C(C)C)n2)cc1C=CCCCc1csc(C(C)C)n1. The van der Waals surface area contributed by atoms with E-state index in [9.17, 15) is 0 Å². The first-order chi connectivity index (χ1) is 14.0. The van der Waals surface area contributed by atoms with Crippen LogP contribution >= 0.6 is 11.3 Å². The van der Waals surface area contributed by atoms with Crippen molar-refractivity contribution in [1.82, 2.24) is 25.2 Å². The van der Waals surface area contributed by atoms with E-state index in [-0.39, 0.29) is 5.92 Å². The highest BCUT2D eigenvalue weighted by molar-refractivity contribution is 7.09. The van der Waals surface area contributed by atoms with Gasteiger partial charge in [0.15, 0.2) is 5.82 Å². The molecule has 0 amide bonds. The van der Waals surface area contributed by atoms with Gasteiger partial charge < -0.3 is 4.74 Å². The Kier molecular flexibility index (Phi) is 7.14. The molecular weight excluding hydrogens is 382 g/mol. The molecule has 0 radical (unpaired) electrons. The maximum absolute atomic E-state index is 5.51. The number of allylic oxidation sites excluding steroid dienone is 1. The number of methoxy groups -OCH3 is 1. The van der Waals surface area contributed by atoms with Crippen molar-refractivity contribution < 1.29 is 4.74 Å². The van der Waals surface area contributed by atoms with Crippen molar-refractivity contribution in [2.75, 3.05) is 7.11 Å². The molecular formula is C22H29N5OS. The van der Waals surface area contributed by atoms with Crippen LogP contribution in [0.1, 0.15) is 74.5 Å².